The van der Waals surface area contributed by atoms with Crippen molar-refractivity contribution in [1.82, 2.24) is 19.8 Å². The predicted octanol–water partition coefficient (Wildman–Crippen LogP) is 1.82. The van der Waals surface area contributed by atoms with E-state index in [2.05, 4.69) is 9.97 Å². The molecular formula is C18H16N4O3. The van der Waals surface area contributed by atoms with Crippen LogP contribution in [0.25, 0.3) is 10.9 Å². The van der Waals surface area contributed by atoms with Crippen molar-refractivity contribution in [2.45, 2.75) is 0 Å². The molecule has 25 heavy (non-hydrogen) atoms. The molecule has 0 unspecified atom stereocenters. The number of fused-ring (bicyclic) bond motifs is 1. The zero-order valence-corrected chi connectivity index (χ0v) is 13.5. The second-order valence-electron chi connectivity index (χ2n) is 5.80. The molecule has 1 fully saturated rings. The average Bonchev–Trinajstić information content (AvgIpc) is 3.21. The van der Waals surface area contributed by atoms with Gasteiger partial charge in [0.2, 0.25) is 0 Å². The summed E-state index contributed by atoms with van der Waals surface area (Å²) < 4.78 is 5.15. The van der Waals surface area contributed by atoms with Crippen LogP contribution in [0.4, 0.5) is 0 Å². The van der Waals surface area contributed by atoms with Crippen LogP contribution in [0.15, 0.2) is 53.4 Å². The Hall–Kier alpha value is -3.22. The van der Waals surface area contributed by atoms with Crippen LogP contribution in [0.3, 0.4) is 0 Å². The second kappa shape index (κ2) is 6.35. The van der Waals surface area contributed by atoms with E-state index in [-0.39, 0.29) is 11.8 Å². The van der Waals surface area contributed by atoms with Crippen LogP contribution in [0, 0.1) is 0 Å². The van der Waals surface area contributed by atoms with Gasteiger partial charge in [0.25, 0.3) is 11.8 Å². The van der Waals surface area contributed by atoms with Gasteiger partial charge in [-0.05, 0) is 18.2 Å². The molecule has 0 bridgehead atoms. The summed E-state index contributed by atoms with van der Waals surface area (Å²) in [6.07, 6.45) is 2.89. The van der Waals surface area contributed by atoms with E-state index in [1.54, 1.807) is 21.9 Å². The number of aromatic nitrogens is 2. The minimum absolute atomic E-state index is 0.135. The van der Waals surface area contributed by atoms with Crippen LogP contribution in [-0.4, -0.2) is 57.8 Å². The van der Waals surface area contributed by atoms with Gasteiger partial charge in [-0.25, -0.2) is 9.97 Å². The van der Waals surface area contributed by atoms with Crippen molar-refractivity contribution in [2.75, 3.05) is 26.2 Å². The number of carbonyl (C=O) groups is 2. The largest absolute Gasteiger partial charge is 0.459 e. The maximum absolute atomic E-state index is 12.8. The molecule has 1 aromatic carbocycles. The predicted molar refractivity (Wildman–Crippen MR) is 90.1 cm³/mol. The fourth-order valence-electron chi connectivity index (χ4n) is 2.99. The standard InChI is InChI=1S/C18H16N4O3/c23-17(15-6-3-11-25-15)21-7-9-22(10-8-21)18(24)16-13-4-1-2-5-14(13)19-12-20-16/h1-6,11-12H,7-10H2. The molecule has 0 aliphatic carbocycles. The topological polar surface area (TPSA) is 79.5 Å². The number of benzene rings is 1. The van der Waals surface area contributed by atoms with Crippen LogP contribution >= 0.6 is 0 Å². The molecule has 2 aromatic heterocycles. The van der Waals surface area contributed by atoms with Crippen LogP contribution in [-0.2, 0) is 0 Å². The highest BCUT2D eigenvalue weighted by Crippen LogP contribution is 2.17. The van der Waals surface area contributed by atoms with Gasteiger partial charge in [-0.2, -0.15) is 0 Å². The van der Waals surface area contributed by atoms with Crippen molar-refractivity contribution in [1.29, 1.82) is 0 Å². The number of para-hydroxylation sites is 1. The first kappa shape index (κ1) is 15.3. The number of amides is 2. The van der Waals surface area contributed by atoms with Crippen molar-refractivity contribution < 1.29 is 14.0 Å². The summed E-state index contributed by atoms with van der Waals surface area (Å²) in [6.45, 7) is 1.86. The van der Waals surface area contributed by atoms with E-state index in [4.69, 9.17) is 4.42 Å². The van der Waals surface area contributed by atoms with E-state index >= 15 is 0 Å². The number of furan rings is 1. The molecule has 126 valence electrons. The molecule has 7 heteroatoms. The molecule has 0 atom stereocenters. The van der Waals surface area contributed by atoms with E-state index in [0.29, 0.717) is 37.6 Å². The molecule has 0 saturated carbocycles. The van der Waals surface area contributed by atoms with Gasteiger partial charge in [-0.3, -0.25) is 9.59 Å². The minimum atomic E-state index is -0.149. The fraction of sp³-hybridized carbons (Fsp3) is 0.222. The molecule has 1 aliphatic heterocycles. The summed E-state index contributed by atoms with van der Waals surface area (Å²) in [5, 5.41) is 0.740. The summed E-state index contributed by atoms with van der Waals surface area (Å²) >= 11 is 0. The van der Waals surface area contributed by atoms with Gasteiger partial charge in [0.15, 0.2) is 5.76 Å². The first-order valence-corrected chi connectivity index (χ1v) is 8.06. The molecule has 4 rings (SSSR count). The quantitative estimate of drug-likeness (QED) is 0.713. The maximum Gasteiger partial charge on any atom is 0.289 e. The Labute approximate surface area is 143 Å². The summed E-state index contributed by atoms with van der Waals surface area (Å²) in [7, 11) is 0. The van der Waals surface area contributed by atoms with Crippen LogP contribution in [0.2, 0.25) is 0 Å². The van der Waals surface area contributed by atoms with Crippen LogP contribution in [0.1, 0.15) is 21.0 Å². The number of piperazine rings is 1. The van der Waals surface area contributed by atoms with Crippen molar-refractivity contribution in [2.24, 2.45) is 0 Å². The summed E-state index contributed by atoms with van der Waals surface area (Å²) in [6, 6.07) is 10.8. The fourth-order valence-corrected chi connectivity index (χ4v) is 2.99. The Bertz CT molecular complexity index is 910. The zero-order chi connectivity index (χ0) is 17.2. The van der Waals surface area contributed by atoms with Crippen molar-refractivity contribution in [3.63, 3.8) is 0 Å². The molecule has 1 aliphatic rings. The van der Waals surface area contributed by atoms with Gasteiger partial charge in [-0.15, -0.1) is 0 Å². The van der Waals surface area contributed by atoms with E-state index in [1.807, 2.05) is 24.3 Å². The molecule has 3 aromatic rings. The molecule has 1 saturated heterocycles. The number of hydrogen-bond acceptors (Lipinski definition) is 5. The molecule has 0 N–H and O–H groups in total. The minimum Gasteiger partial charge on any atom is -0.459 e. The highest BCUT2D eigenvalue weighted by molar-refractivity contribution is 6.04. The lowest BCUT2D eigenvalue weighted by Gasteiger charge is -2.34. The van der Waals surface area contributed by atoms with E-state index in [1.165, 1.54) is 12.6 Å². The Balaban J connectivity index is 1.49. The third-order valence-corrected chi connectivity index (χ3v) is 4.33. The molecule has 0 radical (unpaired) electrons. The van der Waals surface area contributed by atoms with Crippen molar-refractivity contribution in [3.8, 4) is 0 Å². The van der Waals surface area contributed by atoms with Gasteiger partial charge in [0.05, 0.1) is 11.8 Å². The Morgan fingerprint density at radius 3 is 2.32 bits per heavy atom. The van der Waals surface area contributed by atoms with Crippen LogP contribution < -0.4 is 0 Å². The zero-order valence-electron chi connectivity index (χ0n) is 13.5. The number of hydrogen-bond donors (Lipinski definition) is 0. The van der Waals surface area contributed by atoms with Gasteiger partial charge in [0.1, 0.15) is 12.0 Å². The lowest BCUT2D eigenvalue weighted by Crippen LogP contribution is -2.50. The maximum atomic E-state index is 12.8. The van der Waals surface area contributed by atoms with Gasteiger partial charge < -0.3 is 14.2 Å². The average molecular weight is 336 g/mol. The van der Waals surface area contributed by atoms with E-state index in [0.717, 1.165) is 10.9 Å². The molecule has 2 amide bonds. The first-order valence-electron chi connectivity index (χ1n) is 8.06. The second-order valence-corrected chi connectivity index (χ2v) is 5.80. The normalized spacial score (nSPS) is 14.7. The monoisotopic (exact) mass is 336 g/mol. The Kier molecular flexibility index (Phi) is 3.89. The number of nitrogens with zero attached hydrogens (tertiary/aromatic N) is 4. The number of rotatable bonds is 2. The third-order valence-electron chi connectivity index (χ3n) is 4.33. The molecule has 7 nitrogen and oxygen atoms in total. The molecule has 3 heterocycles. The Morgan fingerprint density at radius 2 is 1.60 bits per heavy atom. The van der Waals surface area contributed by atoms with Gasteiger partial charge in [0, 0.05) is 31.6 Å². The number of carbonyl (C=O) groups excluding carboxylic acids is 2. The van der Waals surface area contributed by atoms with E-state index < -0.39 is 0 Å². The molecule has 0 spiro atoms. The molecular weight excluding hydrogens is 320 g/mol. The smallest absolute Gasteiger partial charge is 0.289 e. The van der Waals surface area contributed by atoms with Crippen molar-refractivity contribution in [3.05, 3.63) is 60.4 Å². The SMILES string of the molecule is O=C(c1ccco1)N1CCN(C(=O)c2ncnc3ccccc23)CC1. The lowest BCUT2D eigenvalue weighted by molar-refractivity contribution is 0.0516. The Morgan fingerprint density at radius 1 is 0.880 bits per heavy atom. The first-order chi connectivity index (χ1) is 12.2. The third kappa shape index (κ3) is 2.84. The summed E-state index contributed by atoms with van der Waals surface area (Å²) in [5.41, 5.74) is 1.14. The van der Waals surface area contributed by atoms with Gasteiger partial charge in [-0.1, -0.05) is 18.2 Å². The van der Waals surface area contributed by atoms with E-state index in [9.17, 15) is 9.59 Å². The lowest BCUT2D eigenvalue weighted by atomic mass is 10.1. The van der Waals surface area contributed by atoms with Gasteiger partial charge >= 0.3 is 0 Å². The van der Waals surface area contributed by atoms with Crippen LogP contribution in [0.5, 0.6) is 0 Å². The highest BCUT2D eigenvalue weighted by Gasteiger charge is 2.27. The summed E-state index contributed by atoms with van der Waals surface area (Å²) in [4.78, 5) is 36.9. The van der Waals surface area contributed by atoms with Crippen molar-refractivity contribution >= 4 is 22.7 Å². The summed E-state index contributed by atoms with van der Waals surface area (Å²) in [5.74, 6) is 0.0369. The highest BCUT2D eigenvalue weighted by atomic mass is 16.3.